The lowest BCUT2D eigenvalue weighted by Crippen LogP contribution is -2.39. The number of hydrogen-bond donors (Lipinski definition) is 1. The molecule has 14 heavy (non-hydrogen) atoms. The maximum absolute atomic E-state index is 6.09. The van der Waals surface area contributed by atoms with Crippen LogP contribution in [-0.4, -0.2) is 24.8 Å². The Kier molecular flexibility index (Phi) is 6.38. The fourth-order valence-electron chi connectivity index (χ4n) is 1.19. The molecule has 0 saturated carbocycles. The summed E-state index contributed by atoms with van der Waals surface area (Å²) in [5.41, 5.74) is 0.00432. The second kappa shape index (κ2) is 6.41. The second-order valence-electron chi connectivity index (χ2n) is 4.82. The van der Waals surface area contributed by atoms with Crippen molar-refractivity contribution in [3.05, 3.63) is 0 Å². The highest BCUT2D eigenvalue weighted by molar-refractivity contribution is 4.73. The molecule has 0 aliphatic heterocycles. The molecule has 0 amide bonds. The van der Waals surface area contributed by atoms with E-state index < -0.39 is 0 Å². The van der Waals surface area contributed by atoms with Crippen molar-refractivity contribution < 1.29 is 4.74 Å². The first-order valence-corrected chi connectivity index (χ1v) is 5.81. The van der Waals surface area contributed by atoms with E-state index in [1.54, 1.807) is 0 Å². The van der Waals surface area contributed by atoms with Gasteiger partial charge in [0.1, 0.15) is 0 Å². The molecule has 0 bridgehead atoms. The van der Waals surface area contributed by atoms with E-state index in [2.05, 4.69) is 46.9 Å². The highest BCUT2D eigenvalue weighted by atomic mass is 16.5. The van der Waals surface area contributed by atoms with E-state index in [1.165, 1.54) is 0 Å². The summed E-state index contributed by atoms with van der Waals surface area (Å²) in [6.07, 6.45) is 1.38. The quantitative estimate of drug-likeness (QED) is 0.684. The van der Waals surface area contributed by atoms with E-state index in [0.717, 1.165) is 19.5 Å². The Bertz CT molecular complexity index is 143. The van der Waals surface area contributed by atoms with E-state index >= 15 is 0 Å². The predicted molar refractivity (Wildman–Crippen MR) is 62.6 cm³/mol. The molecule has 0 aromatic heterocycles. The van der Waals surface area contributed by atoms with Crippen molar-refractivity contribution >= 4 is 0 Å². The van der Waals surface area contributed by atoms with Gasteiger partial charge in [0.05, 0.1) is 11.7 Å². The van der Waals surface area contributed by atoms with Gasteiger partial charge >= 0.3 is 0 Å². The Labute approximate surface area is 89.4 Å². The first-order chi connectivity index (χ1) is 6.43. The Hall–Kier alpha value is -0.0800. The van der Waals surface area contributed by atoms with E-state index in [0.29, 0.717) is 12.0 Å². The van der Waals surface area contributed by atoms with Crippen molar-refractivity contribution in [2.75, 3.05) is 13.1 Å². The lowest BCUT2D eigenvalue weighted by molar-refractivity contribution is -0.0897. The number of hydrogen-bond acceptors (Lipinski definition) is 2. The Morgan fingerprint density at radius 1 is 1.21 bits per heavy atom. The normalized spacial score (nSPS) is 14.8. The maximum Gasteiger partial charge on any atom is 0.0729 e. The van der Waals surface area contributed by atoms with E-state index in [4.69, 9.17) is 4.74 Å². The van der Waals surface area contributed by atoms with Crippen molar-refractivity contribution in [3.8, 4) is 0 Å². The van der Waals surface area contributed by atoms with Crippen LogP contribution in [0.25, 0.3) is 0 Å². The summed E-state index contributed by atoms with van der Waals surface area (Å²) in [4.78, 5) is 0. The molecule has 0 heterocycles. The number of ether oxygens (including phenoxy) is 1. The van der Waals surface area contributed by atoms with E-state index in [9.17, 15) is 0 Å². The molecular formula is C12H27NO. The third-order valence-electron chi connectivity index (χ3n) is 2.66. The molecule has 0 radical (unpaired) electrons. The molecule has 0 rings (SSSR count). The van der Waals surface area contributed by atoms with Crippen LogP contribution >= 0.6 is 0 Å². The maximum atomic E-state index is 6.09. The molecule has 1 unspecified atom stereocenters. The van der Waals surface area contributed by atoms with Gasteiger partial charge in [0, 0.05) is 6.54 Å². The lowest BCUT2D eigenvalue weighted by Gasteiger charge is -2.32. The van der Waals surface area contributed by atoms with Gasteiger partial charge in [-0.25, -0.2) is 0 Å². The topological polar surface area (TPSA) is 21.3 Å². The van der Waals surface area contributed by atoms with Crippen LogP contribution in [0.15, 0.2) is 0 Å². The first-order valence-electron chi connectivity index (χ1n) is 5.81. The molecule has 0 aliphatic rings. The van der Waals surface area contributed by atoms with Crippen LogP contribution in [0.5, 0.6) is 0 Å². The van der Waals surface area contributed by atoms with Gasteiger partial charge in [-0.05, 0) is 32.7 Å². The molecule has 2 heteroatoms. The van der Waals surface area contributed by atoms with Crippen molar-refractivity contribution in [2.45, 2.75) is 59.7 Å². The molecule has 0 saturated heterocycles. The molecule has 1 atom stereocenters. The summed E-state index contributed by atoms with van der Waals surface area (Å²) in [6, 6.07) is 0. The Morgan fingerprint density at radius 2 is 1.79 bits per heavy atom. The highest BCUT2D eigenvalue weighted by Crippen LogP contribution is 2.19. The smallest absolute Gasteiger partial charge is 0.0729 e. The molecule has 86 valence electrons. The molecule has 0 aromatic rings. The first kappa shape index (κ1) is 13.9. The predicted octanol–water partition coefficient (Wildman–Crippen LogP) is 2.83. The molecule has 0 spiro atoms. The number of likely N-dealkylation sites (N-methyl/N-ethyl adjacent to an activating group) is 1. The van der Waals surface area contributed by atoms with E-state index in [-0.39, 0.29) is 5.60 Å². The van der Waals surface area contributed by atoms with Crippen LogP contribution in [0.3, 0.4) is 0 Å². The zero-order valence-electron chi connectivity index (χ0n) is 10.7. The second-order valence-corrected chi connectivity index (χ2v) is 4.82. The minimum atomic E-state index is 0.00432. The minimum absolute atomic E-state index is 0.00432. The van der Waals surface area contributed by atoms with Crippen LogP contribution in [0.2, 0.25) is 0 Å². The highest BCUT2D eigenvalue weighted by Gasteiger charge is 2.23. The molecule has 0 aliphatic carbocycles. The lowest BCUT2D eigenvalue weighted by atomic mass is 10.0. The molecule has 0 aromatic carbocycles. The van der Waals surface area contributed by atoms with E-state index in [1.807, 2.05) is 0 Å². The average Bonchev–Trinajstić information content (AvgIpc) is 2.12. The largest absolute Gasteiger partial charge is 0.371 e. The van der Waals surface area contributed by atoms with Crippen LogP contribution in [0.1, 0.15) is 48.0 Å². The van der Waals surface area contributed by atoms with Gasteiger partial charge in [-0.3, -0.25) is 0 Å². The average molecular weight is 201 g/mol. The molecule has 0 fully saturated rings. The van der Waals surface area contributed by atoms with Gasteiger partial charge in [0.15, 0.2) is 0 Å². The van der Waals surface area contributed by atoms with Crippen LogP contribution in [0.4, 0.5) is 0 Å². The Balaban J connectivity index is 4.08. The monoisotopic (exact) mass is 201 g/mol. The number of rotatable bonds is 7. The number of nitrogens with one attached hydrogen (secondary N) is 1. The molecule has 2 nitrogen and oxygen atoms in total. The zero-order valence-corrected chi connectivity index (χ0v) is 10.7. The standard InChI is InChI=1S/C12H27NO/c1-7-12(5,6)14-11(10(3)4)9-13-8-2/h10-11,13H,7-9H2,1-6H3. The third-order valence-corrected chi connectivity index (χ3v) is 2.66. The molecular weight excluding hydrogens is 174 g/mol. The van der Waals surface area contributed by atoms with Gasteiger partial charge in [-0.15, -0.1) is 0 Å². The summed E-state index contributed by atoms with van der Waals surface area (Å²) in [5, 5.41) is 3.35. The summed E-state index contributed by atoms with van der Waals surface area (Å²) in [6.45, 7) is 15.0. The Morgan fingerprint density at radius 3 is 2.14 bits per heavy atom. The van der Waals surface area contributed by atoms with Crippen molar-refractivity contribution in [1.29, 1.82) is 0 Å². The van der Waals surface area contributed by atoms with Crippen LogP contribution in [-0.2, 0) is 4.74 Å². The molecule has 1 N–H and O–H groups in total. The summed E-state index contributed by atoms with van der Waals surface area (Å²) < 4.78 is 6.09. The SMILES string of the molecule is CCNCC(OC(C)(C)CC)C(C)C. The van der Waals surface area contributed by atoms with Crippen LogP contribution in [0, 0.1) is 5.92 Å². The van der Waals surface area contributed by atoms with Crippen molar-refractivity contribution in [1.82, 2.24) is 5.32 Å². The summed E-state index contributed by atoms with van der Waals surface area (Å²) >= 11 is 0. The fraction of sp³-hybridized carbons (Fsp3) is 1.00. The van der Waals surface area contributed by atoms with Gasteiger partial charge < -0.3 is 10.1 Å². The zero-order chi connectivity index (χ0) is 11.2. The van der Waals surface area contributed by atoms with Gasteiger partial charge in [-0.2, -0.15) is 0 Å². The van der Waals surface area contributed by atoms with Gasteiger partial charge in [0.25, 0.3) is 0 Å². The minimum Gasteiger partial charge on any atom is -0.371 e. The fourth-order valence-corrected chi connectivity index (χ4v) is 1.19. The third kappa shape index (κ3) is 5.61. The van der Waals surface area contributed by atoms with Gasteiger partial charge in [0.2, 0.25) is 0 Å². The van der Waals surface area contributed by atoms with Crippen molar-refractivity contribution in [3.63, 3.8) is 0 Å². The summed E-state index contributed by atoms with van der Waals surface area (Å²) in [5.74, 6) is 0.569. The summed E-state index contributed by atoms with van der Waals surface area (Å²) in [7, 11) is 0. The van der Waals surface area contributed by atoms with Gasteiger partial charge in [-0.1, -0.05) is 27.7 Å². The van der Waals surface area contributed by atoms with Crippen molar-refractivity contribution in [2.24, 2.45) is 5.92 Å². The van der Waals surface area contributed by atoms with Crippen LogP contribution < -0.4 is 5.32 Å².